The molecule has 0 aromatic carbocycles. The van der Waals surface area contributed by atoms with Crippen LogP contribution in [0, 0.1) is 6.92 Å². The van der Waals surface area contributed by atoms with Crippen molar-refractivity contribution >= 4 is 35.8 Å². The molecule has 0 saturated carbocycles. The Balaban J connectivity index is 0.00000312. The van der Waals surface area contributed by atoms with Crippen LogP contribution in [0.15, 0.2) is 11.2 Å². The minimum atomic E-state index is 0. The number of hydrogen-bond acceptors (Lipinski definition) is 3. The average Bonchev–Trinajstić information content (AvgIpc) is 3.20. The van der Waals surface area contributed by atoms with E-state index in [1.54, 1.807) is 0 Å². The van der Waals surface area contributed by atoms with E-state index in [-0.39, 0.29) is 35.9 Å². The number of hydrogen-bond donors (Lipinski definition) is 3. The van der Waals surface area contributed by atoms with Gasteiger partial charge in [0.1, 0.15) is 0 Å². The van der Waals surface area contributed by atoms with Crippen LogP contribution in [0.25, 0.3) is 0 Å². The third-order valence-corrected chi connectivity index (χ3v) is 4.34. The Bertz CT molecular complexity index is 559. The molecule has 2 heterocycles. The Morgan fingerprint density at radius 2 is 2.28 bits per heavy atom. The molecule has 0 spiro atoms. The van der Waals surface area contributed by atoms with Gasteiger partial charge in [0.2, 0.25) is 5.91 Å². The Labute approximate surface area is 167 Å². The molecule has 3 N–H and O–H groups in total. The number of guanidine groups is 1. The zero-order valence-corrected chi connectivity index (χ0v) is 17.8. The summed E-state index contributed by atoms with van der Waals surface area (Å²) in [5.74, 6) is 1.08. The van der Waals surface area contributed by atoms with Crippen molar-refractivity contribution in [3.63, 3.8) is 0 Å². The van der Waals surface area contributed by atoms with Crippen LogP contribution in [-0.2, 0) is 11.2 Å². The number of aromatic amines is 1. The highest BCUT2D eigenvalue weighted by Gasteiger charge is 2.25. The van der Waals surface area contributed by atoms with Gasteiger partial charge in [-0.2, -0.15) is 5.10 Å². The molecule has 1 aliphatic rings. The summed E-state index contributed by atoms with van der Waals surface area (Å²) < 4.78 is 0. The maximum Gasteiger partial charge on any atom is 0.222 e. The van der Waals surface area contributed by atoms with Gasteiger partial charge in [-0.3, -0.25) is 14.9 Å². The van der Waals surface area contributed by atoms with E-state index in [4.69, 9.17) is 0 Å². The normalized spacial score (nSPS) is 17.3. The van der Waals surface area contributed by atoms with Crippen LogP contribution in [-0.4, -0.2) is 59.2 Å². The van der Waals surface area contributed by atoms with Gasteiger partial charge in [-0.1, -0.05) is 6.92 Å². The lowest BCUT2D eigenvalue weighted by atomic mass is 10.1. The third kappa shape index (κ3) is 6.83. The van der Waals surface area contributed by atoms with Gasteiger partial charge in [-0.15, -0.1) is 24.0 Å². The van der Waals surface area contributed by atoms with Crippen LogP contribution in [0.4, 0.5) is 0 Å². The summed E-state index contributed by atoms with van der Waals surface area (Å²) in [7, 11) is 0. The van der Waals surface area contributed by atoms with Crippen molar-refractivity contribution < 1.29 is 4.79 Å². The van der Waals surface area contributed by atoms with Crippen LogP contribution in [0.5, 0.6) is 0 Å². The number of amides is 1. The molecule has 0 aliphatic carbocycles. The molecular formula is C17H31IN6O. The predicted molar refractivity (Wildman–Crippen MR) is 111 cm³/mol. The Morgan fingerprint density at radius 3 is 2.92 bits per heavy atom. The number of halogens is 1. The van der Waals surface area contributed by atoms with Crippen LogP contribution < -0.4 is 10.6 Å². The molecule has 142 valence electrons. The molecule has 7 nitrogen and oxygen atoms in total. The van der Waals surface area contributed by atoms with Crippen molar-refractivity contribution in [2.75, 3.05) is 26.2 Å². The highest BCUT2D eigenvalue weighted by molar-refractivity contribution is 14.0. The molecular weight excluding hydrogens is 431 g/mol. The van der Waals surface area contributed by atoms with Gasteiger partial charge in [0.25, 0.3) is 0 Å². The van der Waals surface area contributed by atoms with E-state index in [0.29, 0.717) is 6.42 Å². The average molecular weight is 462 g/mol. The second-order valence-corrected chi connectivity index (χ2v) is 6.21. The van der Waals surface area contributed by atoms with Crippen molar-refractivity contribution in [1.29, 1.82) is 0 Å². The monoisotopic (exact) mass is 462 g/mol. The largest absolute Gasteiger partial charge is 0.357 e. The van der Waals surface area contributed by atoms with E-state index in [1.165, 1.54) is 5.56 Å². The SMILES string of the molecule is CCNC(=NCCCc1cn[nH]c1C)NC1CCN(C(=O)CC)C1.I. The van der Waals surface area contributed by atoms with E-state index in [1.807, 2.05) is 24.9 Å². The number of nitrogens with zero attached hydrogens (tertiary/aromatic N) is 3. The molecule has 2 rings (SSSR count). The first-order valence-corrected chi connectivity index (χ1v) is 8.95. The third-order valence-electron chi connectivity index (χ3n) is 4.34. The highest BCUT2D eigenvalue weighted by Crippen LogP contribution is 2.10. The first-order valence-electron chi connectivity index (χ1n) is 8.95. The Hall–Kier alpha value is -1.32. The van der Waals surface area contributed by atoms with Crippen LogP contribution in [0.3, 0.4) is 0 Å². The minimum absolute atomic E-state index is 0. The molecule has 8 heteroatoms. The fourth-order valence-corrected chi connectivity index (χ4v) is 2.93. The fourth-order valence-electron chi connectivity index (χ4n) is 2.93. The molecule has 1 amide bonds. The number of H-pyrrole nitrogens is 1. The summed E-state index contributed by atoms with van der Waals surface area (Å²) in [6.45, 7) is 9.22. The number of likely N-dealkylation sites (tertiary alicyclic amines) is 1. The molecule has 25 heavy (non-hydrogen) atoms. The van der Waals surface area contributed by atoms with Gasteiger partial charge in [-0.25, -0.2) is 0 Å². The van der Waals surface area contributed by atoms with Gasteiger partial charge in [0.05, 0.1) is 6.20 Å². The quantitative estimate of drug-likeness (QED) is 0.250. The van der Waals surface area contributed by atoms with Crippen molar-refractivity contribution in [3.8, 4) is 0 Å². The second kappa shape index (κ2) is 11.3. The highest BCUT2D eigenvalue weighted by atomic mass is 127. The van der Waals surface area contributed by atoms with E-state index in [2.05, 4.69) is 32.7 Å². The number of carbonyl (C=O) groups is 1. The molecule has 1 unspecified atom stereocenters. The topological polar surface area (TPSA) is 85.4 Å². The summed E-state index contributed by atoms with van der Waals surface area (Å²) in [6.07, 6.45) is 5.41. The molecule has 1 saturated heterocycles. The van der Waals surface area contributed by atoms with Crippen molar-refractivity contribution in [3.05, 3.63) is 17.5 Å². The van der Waals surface area contributed by atoms with Crippen molar-refractivity contribution in [1.82, 2.24) is 25.7 Å². The number of aromatic nitrogens is 2. The molecule has 1 aliphatic heterocycles. The number of aryl methyl sites for hydroxylation is 2. The van der Waals surface area contributed by atoms with Gasteiger partial charge in [0.15, 0.2) is 5.96 Å². The predicted octanol–water partition coefficient (Wildman–Crippen LogP) is 1.83. The molecule has 0 bridgehead atoms. The Morgan fingerprint density at radius 1 is 1.48 bits per heavy atom. The summed E-state index contributed by atoms with van der Waals surface area (Å²) in [5, 5.41) is 13.8. The van der Waals surface area contributed by atoms with Crippen LogP contribution in [0.1, 0.15) is 44.4 Å². The standard InChI is InChI=1S/C17H30N6O.HI/c1-4-16(24)23-10-8-15(12-23)21-17(18-5-2)19-9-6-7-14-11-20-22-13(14)3;/h11,15H,4-10,12H2,1-3H3,(H,20,22)(H2,18,19,21);1H. The van der Waals surface area contributed by atoms with E-state index in [9.17, 15) is 4.79 Å². The summed E-state index contributed by atoms with van der Waals surface area (Å²) in [4.78, 5) is 18.4. The minimum Gasteiger partial charge on any atom is -0.357 e. The zero-order chi connectivity index (χ0) is 17.4. The lowest BCUT2D eigenvalue weighted by molar-refractivity contribution is -0.129. The summed E-state index contributed by atoms with van der Waals surface area (Å²) in [6, 6.07) is 0.286. The van der Waals surface area contributed by atoms with E-state index >= 15 is 0 Å². The maximum absolute atomic E-state index is 11.8. The molecule has 1 aromatic heterocycles. The smallest absolute Gasteiger partial charge is 0.222 e. The van der Waals surface area contributed by atoms with Gasteiger partial charge in [-0.05, 0) is 38.7 Å². The number of nitrogens with one attached hydrogen (secondary N) is 3. The molecule has 1 fully saturated rings. The second-order valence-electron chi connectivity index (χ2n) is 6.21. The van der Waals surface area contributed by atoms with Gasteiger partial charge >= 0.3 is 0 Å². The van der Waals surface area contributed by atoms with Gasteiger partial charge < -0.3 is 15.5 Å². The van der Waals surface area contributed by atoms with E-state index in [0.717, 1.165) is 57.1 Å². The summed E-state index contributed by atoms with van der Waals surface area (Å²) in [5.41, 5.74) is 2.39. The Kier molecular flexibility index (Phi) is 9.84. The van der Waals surface area contributed by atoms with Crippen LogP contribution >= 0.6 is 24.0 Å². The fraction of sp³-hybridized carbons (Fsp3) is 0.706. The first kappa shape index (κ1) is 21.7. The zero-order valence-electron chi connectivity index (χ0n) is 15.5. The number of rotatable bonds is 7. The lowest BCUT2D eigenvalue weighted by Crippen LogP contribution is -2.45. The lowest BCUT2D eigenvalue weighted by Gasteiger charge is -2.18. The van der Waals surface area contributed by atoms with Crippen LogP contribution in [0.2, 0.25) is 0 Å². The van der Waals surface area contributed by atoms with Crippen molar-refractivity contribution in [2.45, 2.75) is 52.5 Å². The summed E-state index contributed by atoms with van der Waals surface area (Å²) >= 11 is 0. The number of carbonyl (C=O) groups excluding carboxylic acids is 1. The molecule has 0 radical (unpaired) electrons. The maximum atomic E-state index is 11.8. The van der Waals surface area contributed by atoms with Crippen molar-refractivity contribution in [2.24, 2.45) is 4.99 Å². The molecule has 1 atom stereocenters. The van der Waals surface area contributed by atoms with E-state index < -0.39 is 0 Å². The van der Waals surface area contributed by atoms with Gasteiger partial charge in [0, 0.05) is 44.3 Å². The number of aliphatic imine (C=N–C) groups is 1. The molecule has 1 aromatic rings. The first-order chi connectivity index (χ1) is 11.6.